The van der Waals surface area contributed by atoms with Gasteiger partial charge in [0.1, 0.15) is 12.2 Å². The van der Waals surface area contributed by atoms with Gasteiger partial charge in [0.2, 0.25) is 0 Å². The monoisotopic (exact) mass is 458 g/mol. The number of hydrogen-bond acceptors (Lipinski definition) is 5. The molecule has 2 bridgehead atoms. The van der Waals surface area contributed by atoms with Crippen LogP contribution in [0.15, 0.2) is 23.8 Å². The number of esters is 2. The molecule has 0 aromatic rings. The Balaban J connectivity index is 1.87. The minimum Gasteiger partial charge on any atom is -0.481 e. The van der Waals surface area contributed by atoms with Crippen molar-refractivity contribution in [3.8, 4) is 0 Å². The van der Waals surface area contributed by atoms with Gasteiger partial charge in [-0.1, -0.05) is 26.0 Å². The van der Waals surface area contributed by atoms with Gasteiger partial charge in [-0.25, -0.2) is 4.79 Å². The van der Waals surface area contributed by atoms with Crippen LogP contribution in [0.2, 0.25) is 0 Å². The van der Waals surface area contributed by atoms with E-state index in [1.54, 1.807) is 19.9 Å². The van der Waals surface area contributed by atoms with Gasteiger partial charge >= 0.3 is 17.9 Å². The third-order valence-electron chi connectivity index (χ3n) is 10.0. The normalized spacial score (nSPS) is 44.5. The fraction of sp³-hybridized carbons (Fsp3) is 0.741. The van der Waals surface area contributed by atoms with Gasteiger partial charge in [-0.15, -0.1) is 0 Å². The molecule has 0 unspecified atom stereocenters. The van der Waals surface area contributed by atoms with Gasteiger partial charge in [-0.2, -0.15) is 0 Å². The van der Waals surface area contributed by atoms with Crippen molar-refractivity contribution < 1.29 is 29.0 Å². The van der Waals surface area contributed by atoms with Crippen molar-refractivity contribution in [1.29, 1.82) is 0 Å². The van der Waals surface area contributed by atoms with Gasteiger partial charge in [0.25, 0.3) is 0 Å². The van der Waals surface area contributed by atoms with Crippen molar-refractivity contribution in [2.75, 3.05) is 0 Å². The zero-order valence-electron chi connectivity index (χ0n) is 20.6. The summed E-state index contributed by atoms with van der Waals surface area (Å²) in [6, 6.07) is 0. The smallest absolute Gasteiger partial charge is 0.333 e. The van der Waals surface area contributed by atoms with Crippen LogP contribution in [0.4, 0.5) is 0 Å². The summed E-state index contributed by atoms with van der Waals surface area (Å²) in [4.78, 5) is 37.7. The fourth-order valence-electron chi connectivity index (χ4n) is 8.34. The number of carbonyl (C=O) groups is 3. The maximum Gasteiger partial charge on any atom is 0.333 e. The Morgan fingerprint density at radius 1 is 1.09 bits per heavy atom. The number of hydrogen-bond donors (Lipinski definition) is 1. The molecule has 0 aromatic heterocycles. The molecule has 1 N–H and O–H groups in total. The molecule has 4 rings (SSSR count). The third-order valence-corrected chi connectivity index (χ3v) is 10.0. The predicted molar refractivity (Wildman–Crippen MR) is 123 cm³/mol. The van der Waals surface area contributed by atoms with Crippen molar-refractivity contribution in [1.82, 2.24) is 0 Å². The van der Waals surface area contributed by atoms with Crippen LogP contribution in [0.1, 0.15) is 79.6 Å². The summed E-state index contributed by atoms with van der Waals surface area (Å²) in [7, 11) is 0. The highest BCUT2D eigenvalue weighted by atomic mass is 16.6. The lowest BCUT2D eigenvalue weighted by molar-refractivity contribution is -0.236. The molecule has 0 radical (unpaired) electrons. The topological polar surface area (TPSA) is 89.9 Å². The maximum atomic E-state index is 13.0. The summed E-state index contributed by atoms with van der Waals surface area (Å²) in [5, 5.41) is 10.3. The molecule has 182 valence electrons. The predicted octanol–water partition coefficient (Wildman–Crippen LogP) is 5.07. The standard InChI is InChI=1S/C27H38O6/c1-7-15(2)23(29)33-21-13-20-25(5,11-8-12-26(20,6)24(30)31)19-10-9-18-14-27(19,21)22(16(18)3)32-17(4)28/h7,18-22H,3,8-14H2,1-2,4-6H3,(H,30,31)/t18-,19+,20+,21+,22-,25+,26-,27-/m1/s1. The molecule has 1 spiro atoms. The summed E-state index contributed by atoms with van der Waals surface area (Å²) < 4.78 is 12.2. The van der Waals surface area contributed by atoms with E-state index < -0.39 is 29.0 Å². The van der Waals surface area contributed by atoms with E-state index in [9.17, 15) is 19.5 Å². The first-order valence-electron chi connectivity index (χ1n) is 12.3. The van der Waals surface area contributed by atoms with Crippen LogP contribution in [0.3, 0.4) is 0 Å². The lowest BCUT2D eigenvalue weighted by Crippen LogP contribution is -2.66. The van der Waals surface area contributed by atoms with E-state index in [4.69, 9.17) is 9.47 Å². The van der Waals surface area contributed by atoms with Gasteiger partial charge in [0.15, 0.2) is 0 Å². The number of rotatable bonds is 4. The largest absolute Gasteiger partial charge is 0.481 e. The first-order valence-corrected chi connectivity index (χ1v) is 12.3. The fourth-order valence-corrected chi connectivity index (χ4v) is 8.34. The Kier molecular flexibility index (Phi) is 5.82. The third kappa shape index (κ3) is 3.30. The Morgan fingerprint density at radius 3 is 2.39 bits per heavy atom. The highest BCUT2D eigenvalue weighted by molar-refractivity contribution is 5.87. The van der Waals surface area contributed by atoms with Crippen LogP contribution in [-0.2, 0) is 23.9 Å². The highest BCUT2D eigenvalue weighted by Gasteiger charge is 2.73. The summed E-state index contributed by atoms with van der Waals surface area (Å²) >= 11 is 0. The molecule has 33 heavy (non-hydrogen) atoms. The number of fused-ring (bicyclic) bond motifs is 3. The molecular formula is C27H38O6. The summed E-state index contributed by atoms with van der Waals surface area (Å²) in [5.41, 5.74) is -0.224. The van der Waals surface area contributed by atoms with Crippen LogP contribution in [0.25, 0.3) is 0 Å². The van der Waals surface area contributed by atoms with Crippen LogP contribution < -0.4 is 0 Å². The van der Waals surface area contributed by atoms with E-state index in [1.807, 2.05) is 6.92 Å². The van der Waals surface area contributed by atoms with E-state index in [-0.39, 0.29) is 35.1 Å². The zero-order chi connectivity index (χ0) is 24.3. The molecule has 0 heterocycles. The van der Waals surface area contributed by atoms with E-state index in [2.05, 4.69) is 13.5 Å². The number of allylic oxidation sites excluding steroid dienone is 1. The Morgan fingerprint density at radius 2 is 1.79 bits per heavy atom. The van der Waals surface area contributed by atoms with E-state index in [1.165, 1.54) is 6.92 Å². The van der Waals surface area contributed by atoms with Crippen molar-refractivity contribution in [2.24, 2.45) is 34.0 Å². The van der Waals surface area contributed by atoms with Gasteiger partial charge in [0, 0.05) is 12.5 Å². The average molecular weight is 459 g/mol. The second-order valence-electron chi connectivity index (χ2n) is 11.4. The Hall–Kier alpha value is -2.11. The van der Waals surface area contributed by atoms with Crippen LogP contribution in [0.5, 0.6) is 0 Å². The molecule has 4 aliphatic rings. The molecule has 0 amide bonds. The molecule has 6 nitrogen and oxygen atoms in total. The molecule has 4 saturated carbocycles. The number of carboxylic acid groups (broad SMARTS) is 1. The molecule has 8 atom stereocenters. The number of carboxylic acids is 1. The first kappa shape index (κ1) is 24.0. The number of carbonyl (C=O) groups excluding carboxylic acids is 2. The van der Waals surface area contributed by atoms with Crippen molar-refractivity contribution >= 4 is 17.9 Å². The van der Waals surface area contributed by atoms with Gasteiger partial charge in [-0.05, 0) is 88.0 Å². The van der Waals surface area contributed by atoms with Gasteiger partial charge in [-0.3, -0.25) is 9.59 Å². The summed E-state index contributed by atoms with van der Waals surface area (Å²) in [5.74, 6) is -1.32. The van der Waals surface area contributed by atoms with Crippen molar-refractivity contribution in [2.45, 2.75) is 91.8 Å². The van der Waals surface area contributed by atoms with Crippen LogP contribution in [0, 0.1) is 34.0 Å². The summed E-state index contributed by atoms with van der Waals surface area (Å²) in [6.45, 7) is 13.4. The first-order chi connectivity index (χ1) is 15.4. The van der Waals surface area contributed by atoms with E-state index in [0.29, 0.717) is 18.4 Å². The van der Waals surface area contributed by atoms with Crippen molar-refractivity contribution in [3.05, 3.63) is 23.8 Å². The minimum absolute atomic E-state index is 0.0892. The molecule has 4 fully saturated rings. The highest BCUT2D eigenvalue weighted by Crippen LogP contribution is 2.73. The number of ether oxygens (including phenoxy) is 2. The Bertz CT molecular complexity index is 920. The summed E-state index contributed by atoms with van der Waals surface area (Å²) in [6.07, 6.45) is 6.21. The molecule has 6 heteroatoms. The SMILES string of the molecule is C=C1[C@@H]2CC[C@H]3[C@]4(C)CCC[C@@](C)(C(=O)O)[C@H]4C[C@H](OC(=O)C(C)=CC)[C@]3(C2)[C@@H]1OC(C)=O. The minimum atomic E-state index is -0.877. The van der Waals surface area contributed by atoms with Crippen LogP contribution >= 0.6 is 0 Å². The second-order valence-corrected chi connectivity index (χ2v) is 11.4. The number of aliphatic carboxylic acids is 1. The quantitative estimate of drug-likeness (QED) is 0.359. The molecular weight excluding hydrogens is 420 g/mol. The van der Waals surface area contributed by atoms with Gasteiger partial charge < -0.3 is 14.6 Å². The van der Waals surface area contributed by atoms with E-state index in [0.717, 1.165) is 37.7 Å². The second kappa shape index (κ2) is 7.99. The molecule has 0 saturated heterocycles. The maximum absolute atomic E-state index is 13.0. The zero-order valence-corrected chi connectivity index (χ0v) is 20.6. The molecule has 4 aliphatic carbocycles. The Labute approximate surface area is 196 Å². The molecule has 0 aromatic carbocycles. The lowest BCUT2D eigenvalue weighted by atomic mass is 9.40. The molecule has 0 aliphatic heterocycles. The van der Waals surface area contributed by atoms with Crippen molar-refractivity contribution in [3.63, 3.8) is 0 Å². The van der Waals surface area contributed by atoms with Crippen LogP contribution in [-0.4, -0.2) is 35.2 Å². The lowest BCUT2D eigenvalue weighted by Gasteiger charge is -2.65. The van der Waals surface area contributed by atoms with E-state index >= 15 is 0 Å². The van der Waals surface area contributed by atoms with Gasteiger partial charge in [0.05, 0.1) is 10.8 Å². The average Bonchev–Trinajstić information content (AvgIpc) is 2.95.